The Hall–Kier alpha value is -0.120. The highest BCUT2D eigenvalue weighted by atomic mass is 15.2. The van der Waals surface area contributed by atoms with E-state index in [0.29, 0.717) is 17.5 Å². The van der Waals surface area contributed by atoms with Gasteiger partial charge in [-0.1, -0.05) is 20.3 Å². The van der Waals surface area contributed by atoms with Crippen LogP contribution in [-0.2, 0) is 0 Å². The molecule has 2 rings (SSSR count). The smallest absolute Gasteiger partial charge is 0.0252 e. The van der Waals surface area contributed by atoms with Gasteiger partial charge in [-0.3, -0.25) is 4.90 Å². The van der Waals surface area contributed by atoms with Crippen LogP contribution in [-0.4, -0.2) is 55.1 Å². The minimum absolute atomic E-state index is 0.308. The van der Waals surface area contributed by atoms with Crippen LogP contribution in [0.3, 0.4) is 0 Å². The molecule has 0 aromatic carbocycles. The summed E-state index contributed by atoms with van der Waals surface area (Å²) in [5, 5.41) is 0. The summed E-state index contributed by atoms with van der Waals surface area (Å²) in [6.45, 7) is 7.15. The molecule has 0 amide bonds. The SMILES string of the molecule is CN1CCC(N(C)C2CCCC(C)(C)C2N)CC1. The average Bonchev–Trinajstić information content (AvgIpc) is 2.33. The average molecular weight is 253 g/mol. The van der Waals surface area contributed by atoms with Crippen LogP contribution in [0.15, 0.2) is 0 Å². The number of nitrogens with two attached hydrogens (primary N) is 1. The van der Waals surface area contributed by atoms with Gasteiger partial charge in [0, 0.05) is 18.1 Å². The Balaban J connectivity index is 1.97. The Labute approximate surface area is 113 Å². The topological polar surface area (TPSA) is 32.5 Å². The van der Waals surface area contributed by atoms with E-state index in [9.17, 15) is 0 Å². The van der Waals surface area contributed by atoms with E-state index in [1.54, 1.807) is 0 Å². The monoisotopic (exact) mass is 253 g/mol. The van der Waals surface area contributed by atoms with E-state index in [4.69, 9.17) is 5.73 Å². The molecule has 0 bridgehead atoms. The maximum atomic E-state index is 6.54. The molecule has 2 unspecified atom stereocenters. The largest absolute Gasteiger partial charge is 0.326 e. The molecule has 2 N–H and O–H groups in total. The van der Waals surface area contributed by atoms with Crippen molar-refractivity contribution in [2.24, 2.45) is 11.1 Å². The lowest BCUT2D eigenvalue weighted by Crippen LogP contribution is -2.59. The van der Waals surface area contributed by atoms with E-state index in [-0.39, 0.29) is 0 Å². The molecule has 3 nitrogen and oxygen atoms in total. The van der Waals surface area contributed by atoms with E-state index in [2.05, 4.69) is 37.7 Å². The van der Waals surface area contributed by atoms with Crippen LogP contribution in [0.5, 0.6) is 0 Å². The van der Waals surface area contributed by atoms with E-state index in [0.717, 1.165) is 6.04 Å². The number of rotatable bonds is 2. The molecule has 2 atom stereocenters. The normalized spacial score (nSPS) is 35.0. The fraction of sp³-hybridized carbons (Fsp3) is 1.00. The molecule has 0 aromatic heterocycles. The molecule has 0 radical (unpaired) electrons. The Morgan fingerprint density at radius 2 is 1.78 bits per heavy atom. The number of nitrogens with zero attached hydrogens (tertiary/aromatic N) is 2. The summed E-state index contributed by atoms with van der Waals surface area (Å²) >= 11 is 0. The van der Waals surface area contributed by atoms with Crippen molar-refractivity contribution in [3.05, 3.63) is 0 Å². The second-order valence-corrected chi connectivity index (χ2v) is 7.17. The Morgan fingerprint density at radius 3 is 2.39 bits per heavy atom. The fourth-order valence-corrected chi connectivity index (χ4v) is 3.76. The zero-order valence-electron chi connectivity index (χ0n) is 12.7. The zero-order chi connectivity index (χ0) is 13.3. The van der Waals surface area contributed by atoms with Gasteiger partial charge in [0.1, 0.15) is 0 Å². The van der Waals surface area contributed by atoms with Crippen molar-refractivity contribution < 1.29 is 0 Å². The molecule has 2 aliphatic rings. The number of piperidine rings is 1. The van der Waals surface area contributed by atoms with Crippen molar-refractivity contribution in [1.82, 2.24) is 9.80 Å². The number of likely N-dealkylation sites (N-methyl/N-ethyl adjacent to an activating group) is 1. The summed E-state index contributed by atoms with van der Waals surface area (Å²) in [6.07, 6.45) is 6.51. The van der Waals surface area contributed by atoms with Crippen LogP contribution in [0.4, 0.5) is 0 Å². The summed E-state index contributed by atoms with van der Waals surface area (Å²) in [7, 11) is 4.54. The lowest BCUT2D eigenvalue weighted by molar-refractivity contribution is 0.0370. The third-order valence-electron chi connectivity index (χ3n) is 5.43. The summed E-state index contributed by atoms with van der Waals surface area (Å²) in [5.41, 5.74) is 6.85. The highest BCUT2D eigenvalue weighted by Gasteiger charge is 2.40. The summed E-state index contributed by atoms with van der Waals surface area (Å²) in [5.74, 6) is 0. The van der Waals surface area contributed by atoms with E-state index in [1.165, 1.54) is 45.2 Å². The summed E-state index contributed by atoms with van der Waals surface area (Å²) < 4.78 is 0. The van der Waals surface area contributed by atoms with Gasteiger partial charge in [0.05, 0.1) is 0 Å². The highest BCUT2D eigenvalue weighted by Crippen LogP contribution is 2.37. The van der Waals surface area contributed by atoms with Crippen LogP contribution in [0.2, 0.25) is 0 Å². The Bertz CT molecular complexity index is 269. The number of likely N-dealkylation sites (tertiary alicyclic amines) is 1. The zero-order valence-corrected chi connectivity index (χ0v) is 12.7. The van der Waals surface area contributed by atoms with E-state index >= 15 is 0 Å². The van der Waals surface area contributed by atoms with Gasteiger partial charge in [-0.05, 0) is 58.3 Å². The quantitative estimate of drug-likeness (QED) is 0.816. The number of hydrogen-bond donors (Lipinski definition) is 1. The second kappa shape index (κ2) is 5.48. The molecule has 0 aromatic rings. The van der Waals surface area contributed by atoms with Crippen LogP contribution >= 0.6 is 0 Å². The third-order valence-corrected chi connectivity index (χ3v) is 5.43. The van der Waals surface area contributed by atoms with E-state index in [1.807, 2.05) is 0 Å². The lowest BCUT2D eigenvalue weighted by Gasteiger charge is -2.48. The first-order valence-electron chi connectivity index (χ1n) is 7.58. The maximum Gasteiger partial charge on any atom is 0.0252 e. The maximum absolute atomic E-state index is 6.54. The van der Waals surface area contributed by atoms with Crippen molar-refractivity contribution in [2.45, 2.75) is 64.1 Å². The predicted octanol–water partition coefficient (Wildman–Crippen LogP) is 1.92. The summed E-state index contributed by atoms with van der Waals surface area (Å²) in [6, 6.07) is 1.66. The molecule has 0 spiro atoms. The van der Waals surface area contributed by atoms with Gasteiger partial charge in [-0.15, -0.1) is 0 Å². The Kier molecular flexibility index (Phi) is 4.35. The summed E-state index contributed by atoms with van der Waals surface area (Å²) in [4.78, 5) is 5.05. The second-order valence-electron chi connectivity index (χ2n) is 7.17. The Morgan fingerprint density at radius 1 is 1.17 bits per heavy atom. The molecule has 18 heavy (non-hydrogen) atoms. The molecular weight excluding hydrogens is 222 g/mol. The van der Waals surface area contributed by atoms with Crippen molar-refractivity contribution >= 4 is 0 Å². The molecule has 3 heteroatoms. The van der Waals surface area contributed by atoms with Crippen molar-refractivity contribution in [3.8, 4) is 0 Å². The fourth-order valence-electron chi connectivity index (χ4n) is 3.76. The van der Waals surface area contributed by atoms with Gasteiger partial charge < -0.3 is 10.6 Å². The van der Waals surface area contributed by atoms with Gasteiger partial charge >= 0.3 is 0 Å². The molecule has 1 saturated carbocycles. The molecule has 106 valence electrons. The van der Waals surface area contributed by atoms with Gasteiger partial charge in [0.15, 0.2) is 0 Å². The lowest BCUT2D eigenvalue weighted by atomic mass is 9.70. The molecular formula is C15H31N3. The van der Waals surface area contributed by atoms with E-state index < -0.39 is 0 Å². The highest BCUT2D eigenvalue weighted by molar-refractivity contribution is 4.97. The van der Waals surface area contributed by atoms with Crippen molar-refractivity contribution in [1.29, 1.82) is 0 Å². The molecule has 1 saturated heterocycles. The van der Waals surface area contributed by atoms with Gasteiger partial charge in [-0.25, -0.2) is 0 Å². The van der Waals surface area contributed by atoms with Crippen molar-refractivity contribution in [3.63, 3.8) is 0 Å². The van der Waals surface area contributed by atoms with Crippen LogP contribution in [0.1, 0.15) is 46.0 Å². The minimum Gasteiger partial charge on any atom is -0.326 e. The first-order chi connectivity index (χ1) is 8.42. The predicted molar refractivity (Wildman–Crippen MR) is 77.7 cm³/mol. The molecule has 1 heterocycles. The first kappa shape index (κ1) is 14.3. The van der Waals surface area contributed by atoms with Gasteiger partial charge in [-0.2, -0.15) is 0 Å². The minimum atomic E-state index is 0.308. The van der Waals surface area contributed by atoms with Gasteiger partial charge in [0.25, 0.3) is 0 Å². The first-order valence-corrected chi connectivity index (χ1v) is 7.58. The molecule has 1 aliphatic heterocycles. The van der Waals surface area contributed by atoms with Crippen LogP contribution < -0.4 is 5.73 Å². The van der Waals surface area contributed by atoms with Gasteiger partial charge in [0.2, 0.25) is 0 Å². The standard InChI is InChI=1S/C15H31N3/c1-15(2)9-5-6-13(14(15)16)18(4)12-7-10-17(3)11-8-12/h12-14H,5-11,16H2,1-4H3. The third kappa shape index (κ3) is 2.89. The van der Waals surface area contributed by atoms with Crippen molar-refractivity contribution in [2.75, 3.05) is 27.2 Å². The number of hydrogen-bond acceptors (Lipinski definition) is 3. The van der Waals surface area contributed by atoms with Crippen LogP contribution in [0.25, 0.3) is 0 Å². The molecule has 2 fully saturated rings. The molecule has 1 aliphatic carbocycles. The van der Waals surface area contributed by atoms with Crippen LogP contribution in [0, 0.1) is 5.41 Å².